The van der Waals surface area contributed by atoms with Crippen LogP contribution in [0.1, 0.15) is 32.0 Å². The Bertz CT molecular complexity index is 623. The summed E-state index contributed by atoms with van der Waals surface area (Å²) in [4.78, 5) is 10.5. The maximum atomic E-state index is 6.15. The highest BCUT2D eigenvalue weighted by Crippen LogP contribution is 2.23. The fourth-order valence-corrected chi connectivity index (χ4v) is 3.65. The topological polar surface area (TPSA) is 57.9 Å². The first-order valence-electron chi connectivity index (χ1n) is 7.93. The van der Waals surface area contributed by atoms with Crippen LogP contribution >= 0.6 is 15.9 Å². The molecule has 5 heteroatoms. The smallest absolute Gasteiger partial charge is 0.120 e. The van der Waals surface area contributed by atoms with Crippen molar-refractivity contribution in [2.45, 2.75) is 44.8 Å². The quantitative estimate of drug-likeness (QED) is 0.874. The number of piperidine rings is 1. The average Bonchev–Trinajstić information content (AvgIpc) is 2.96. The van der Waals surface area contributed by atoms with Crippen molar-refractivity contribution in [1.29, 1.82) is 0 Å². The number of likely N-dealkylation sites (tertiary alicyclic amines) is 1. The Balaban J connectivity index is 1.73. The molecule has 0 radical (unpaired) electrons. The normalized spacial score (nSPS) is 21.0. The number of H-pyrrole nitrogens is 1. The molecule has 2 atom stereocenters. The van der Waals surface area contributed by atoms with E-state index in [1.165, 1.54) is 19.3 Å². The molecule has 0 aliphatic carbocycles. The van der Waals surface area contributed by atoms with Crippen LogP contribution in [0.4, 0.5) is 0 Å². The molecule has 2 aromatic rings. The predicted molar refractivity (Wildman–Crippen MR) is 93.4 cm³/mol. The van der Waals surface area contributed by atoms with Gasteiger partial charge < -0.3 is 10.7 Å². The van der Waals surface area contributed by atoms with Gasteiger partial charge in [-0.05, 0) is 38.4 Å². The van der Waals surface area contributed by atoms with Gasteiger partial charge in [-0.25, -0.2) is 4.98 Å². The summed E-state index contributed by atoms with van der Waals surface area (Å²) < 4.78 is 1.08. The summed E-state index contributed by atoms with van der Waals surface area (Å²) in [5.74, 6) is 1.02. The second-order valence-electron chi connectivity index (χ2n) is 6.15. The Labute approximate surface area is 140 Å². The lowest BCUT2D eigenvalue weighted by molar-refractivity contribution is 0.120. The summed E-state index contributed by atoms with van der Waals surface area (Å²) in [5.41, 5.74) is 8.36. The van der Waals surface area contributed by atoms with Crippen molar-refractivity contribution in [3.8, 4) is 11.3 Å². The van der Waals surface area contributed by atoms with E-state index in [0.29, 0.717) is 6.04 Å². The Morgan fingerprint density at radius 1 is 1.45 bits per heavy atom. The van der Waals surface area contributed by atoms with Gasteiger partial charge in [0, 0.05) is 22.1 Å². The lowest BCUT2D eigenvalue weighted by Crippen LogP contribution is -2.48. The Hall–Kier alpha value is -1.17. The van der Waals surface area contributed by atoms with Gasteiger partial charge in [-0.15, -0.1) is 0 Å². The van der Waals surface area contributed by atoms with Gasteiger partial charge >= 0.3 is 0 Å². The zero-order valence-corrected chi connectivity index (χ0v) is 14.5. The highest BCUT2D eigenvalue weighted by atomic mass is 79.9. The molecular formula is C17H23BrN4. The molecule has 2 unspecified atom stereocenters. The molecule has 3 N–H and O–H groups in total. The Kier molecular flexibility index (Phi) is 4.96. The number of aromatic amines is 1. The van der Waals surface area contributed by atoms with Gasteiger partial charge in [0.15, 0.2) is 0 Å². The molecule has 1 aromatic heterocycles. The molecule has 0 amide bonds. The number of halogens is 1. The second kappa shape index (κ2) is 6.94. The van der Waals surface area contributed by atoms with Crippen LogP contribution in [0.5, 0.6) is 0 Å². The highest BCUT2D eigenvalue weighted by Gasteiger charge is 2.25. The van der Waals surface area contributed by atoms with Crippen LogP contribution in [-0.2, 0) is 6.54 Å². The van der Waals surface area contributed by atoms with E-state index in [2.05, 4.69) is 49.9 Å². The van der Waals surface area contributed by atoms with Gasteiger partial charge in [0.05, 0.1) is 18.4 Å². The molecule has 0 spiro atoms. The monoisotopic (exact) mass is 362 g/mol. The number of hydrogen-bond donors (Lipinski definition) is 2. The third-order valence-corrected chi connectivity index (χ3v) is 4.88. The third-order valence-electron chi connectivity index (χ3n) is 4.39. The molecule has 4 nitrogen and oxygen atoms in total. The second-order valence-corrected chi connectivity index (χ2v) is 7.06. The number of nitrogens with two attached hydrogens (primary N) is 1. The molecule has 1 aromatic carbocycles. The number of aromatic nitrogens is 2. The molecule has 1 aliphatic heterocycles. The van der Waals surface area contributed by atoms with Crippen molar-refractivity contribution in [2.24, 2.45) is 5.73 Å². The van der Waals surface area contributed by atoms with Crippen LogP contribution in [0.3, 0.4) is 0 Å². The highest BCUT2D eigenvalue weighted by molar-refractivity contribution is 9.10. The summed E-state index contributed by atoms with van der Waals surface area (Å²) in [6.45, 7) is 4.07. The lowest BCUT2D eigenvalue weighted by atomic mass is 9.97. The molecule has 1 aliphatic rings. The van der Waals surface area contributed by atoms with Crippen LogP contribution in [0.25, 0.3) is 11.3 Å². The lowest BCUT2D eigenvalue weighted by Gasteiger charge is -2.37. The van der Waals surface area contributed by atoms with E-state index in [9.17, 15) is 0 Å². The van der Waals surface area contributed by atoms with Gasteiger partial charge in [0.25, 0.3) is 0 Å². The van der Waals surface area contributed by atoms with Crippen molar-refractivity contribution < 1.29 is 0 Å². The first-order valence-corrected chi connectivity index (χ1v) is 8.72. The van der Waals surface area contributed by atoms with E-state index in [1.807, 2.05) is 18.3 Å². The number of nitrogens with zero attached hydrogens (tertiary/aromatic N) is 2. The van der Waals surface area contributed by atoms with E-state index in [1.54, 1.807) is 0 Å². The molecule has 1 saturated heterocycles. The molecule has 22 heavy (non-hydrogen) atoms. The van der Waals surface area contributed by atoms with Crippen molar-refractivity contribution in [3.63, 3.8) is 0 Å². The van der Waals surface area contributed by atoms with Crippen molar-refractivity contribution >= 4 is 15.9 Å². The number of nitrogens with one attached hydrogen (secondary N) is 1. The van der Waals surface area contributed by atoms with E-state index in [4.69, 9.17) is 5.73 Å². The molecule has 1 fully saturated rings. The number of rotatable bonds is 4. The van der Waals surface area contributed by atoms with Gasteiger partial charge in [-0.2, -0.15) is 0 Å². The van der Waals surface area contributed by atoms with Crippen molar-refractivity contribution in [2.75, 3.05) is 6.54 Å². The fourth-order valence-electron chi connectivity index (χ4n) is 3.25. The minimum absolute atomic E-state index is 0.208. The molecule has 0 bridgehead atoms. The van der Waals surface area contributed by atoms with Crippen LogP contribution in [-0.4, -0.2) is 33.5 Å². The largest absolute Gasteiger partial charge is 0.341 e. The first kappa shape index (κ1) is 15.7. The fraction of sp³-hybridized carbons (Fsp3) is 0.471. The number of imidazole rings is 1. The van der Waals surface area contributed by atoms with Gasteiger partial charge in [-0.3, -0.25) is 4.90 Å². The minimum Gasteiger partial charge on any atom is -0.341 e. The van der Waals surface area contributed by atoms with Crippen LogP contribution in [0.2, 0.25) is 0 Å². The van der Waals surface area contributed by atoms with E-state index < -0.39 is 0 Å². The zero-order valence-electron chi connectivity index (χ0n) is 12.9. The maximum Gasteiger partial charge on any atom is 0.120 e. The first-order chi connectivity index (χ1) is 10.6. The van der Waals surface area contributed by atoms with E-state index in [0.717, 1.165) is 34.6 Å². The summed E-state index contributed by atoms with van der Waals surface area (Å²) in [7, 11) is 0. The molecule has 2 heterocycles. The SMILES string of the molecule is CC(N)C1CCCCN1Cc1ncc(-c2cccc(Br)c2)[nH]1. The maximum absolute atomic E-state index is 6.15. The predicted octanol–water partition coefficient (Wildman–Crippen LogP) is 3.54. The number of hydrogen-bond acceptors (Lipinski definition) is 3. The molecular weight excluding hydrogens is 340 g/mol. The standard InChI is InChI=1S/C17H23BrN4/c1-12(19)16-7-2-3-8-22(16)11-17-20-10-15(21-17)13-5-4-6-14(18)9-13/h4-6,9-10,12,16H,2-3,7-8,11,19H2,1H3,(H,20,21). The zero-order chi connectivity index (χ0) is 15.5. The van der Waals surface area contributed by atoms with Gasteiger partial charge in [0.1, 0.15) is 5.82 Å². The minimum atomic E-state index is 0.208. The Morgan fingerprint density at radius 3 is 3.09 bits per heavy atom. The van der Waals surface area contributed by atoms with Gasteiger partial charge in [-0.1, -0.05) is 34.5 Å². The third kappa shape index (κ3) is 3.59. The molecule has 0 saturated carbocycles. The summed E-state index contributed by atoms with van der Waals surface area (Å²) in [6.07, 6.45) is 5.64. The van der Waals surface area contributed by atoms with Crippen molar-refractivity contribution in [3.05, 3.63) is 40.8 Å². The van der Waals surface area contributed by atoms with Crippen LogP contribution in [0.15, 0.2) is 34.9 Å². The van der Waals surface area contributed by atoms with Crippen LogP contribution in [0, 0.1) is 0 Å². The van der Waals surface area contributed by atoms with E-state index >= 15 is 0 Å². The Morgan fingerprint density at radius 2 is 2.32 bits per heavy atom. The van der Waals surface area contributed by atoms with E-state index in [-0.39, 0.29) is 6.04 Å². The summed E-state index contributed by atoms with van der Waals surface area (Å²) in [6, 6.07) is 8.93. The average molecular weight is 363 g/mol. The number of benzene rings is 1. The van der Waals surface area contributed by atoms with Crippen molar-refractivity contribution in [1.82, 2.24) is 14.9 Å². The summed E-state index contributed by atoms with van der Waals surface area (Å²) >= 11 is 3.51. The summed E-state index contributed by atoms with van der Waals surface area (Å²) in [5, 5.41) is 0. The molecule has 118 valence electrons. The molecule has 3 rings (SSSR count). The van der Waals surface area contributed by atoms with Gasteiger partial charge in [0.2, 0.25) is 0 Å². The van der Waals surface area contributed by atoms with Crippen LogP contribution < -0.4 is 5.73 Å².